The number of benzene rings is 1. The molecule has 0 amide bonds. The van der Waals surface area contributed by atoms with Crippen molar-refractivity contribution in [2.24, 2.45) is 0 Å². The van der Waals surface area contributed by atoms with Crippen LogP contribution in [0.25, 0.3) is 0 Å². The van der Waals surface area contributed by atoms with Gasteiger partial charge in [-0.15, -0.1) is 0 Å². The van der Waals surface area contributed by atoms with Gasteiger partial charge in [0.15, 0.2) is 0 Å². The van der Waals surface area contributed by atoms with E-state index in [1.54, 1.807) is 0 Å². The molecule has 1 saturated heterocycles. The van der Waals surface area contributed by atoms with Gasteiger partial charge in [-0.1, -0.05) is 0 Å². The van der Waals surface area contributed by atoms with E-state index in [0.717, 1.165) is 19.4 Å². The van der Waals surface area contributed by atoms with Gasteiger partial charge in [0, 0.05) is 12.1 Å². The van der Waals surface area contributed by atoms with Gasteiger partial charge in [0.25, 0.3) is 0 Å². The normalized spacial score (nSPS) is 24.2. The Balaban J connectivity index is 2.09. The largest absolute Gasteiger partial charge is 0.304 e. The fraction of sp³-hybridized carbons (Fsp3) is 0.500. The number of hydrogen-bond donors (Lipinski definition) is 1. The van der Waals surface area contributed by atoms with Gasteiger partial charge in [-0.3, -0.25) is 0 Å². The maximum atomic E-state index is 12.3. The molecule has 1 fully saturated rings. The summed E-state index contributed by atoms with van der Waals surface area (Å²) in [5.74, 6) is 0. The standard InChI is InChI=1S/C14H19N3O2S/c1-11-9-13(7-8-17(11)2)16-20(18,19)14-5-3-12(10-15)4-6-14/h3-6,11,13,16H,7-9H2,1-2H3. The maximum absolute atomic E-state index is 12.3. The minimum atomic E-state index is -3.50. The van der Waals surface area contributed by atoms with E-state index in [1.165, 1.54) is 24.3 Å². The van der Waals surface area contributed by atoms with Crippen molar-refractivity contribution in [3.63, 3.8) is 0 Å². The number of likely N-dealkylation sites (tertiary alicyclic amines) is 1. The summed E-state index contributed by atoms with van der Waals surface area (Å²) < 4.78 is 27.3. The molecule has 2 atom stereocenters. The lowest BCUT2D eigenvalue weighted by atomic mass is 10.0. The third-order valence-corrected chi connectivity index (χ3v) is 5.36. The molecule has 1 aromatic rings. The highest BCUT2D eigenvalue weighted by Crippen LogP contribution is 2.18. The molecule has 1 aromatic carbocycles. The molecule has 0 radical (unpaired) electrons. The number of nitrogens with zero attached hydrogens (tertiary/aromatic N) is 2. The molecule has 5 nitrogen and oxygen atoms in total. The van der Waals surface area contributed by atoms with Crippen molar-refractivity contribution in [3.05, 3.63) is 29.8 Å². The summed E-state index contributed by atoms with van der Waals surface area (Å²) in [6.07, 6.45) is 1.63. The fourth-order valence-electron chi connectivity index (χ4n) is 2.39. The van der Waals surface area contributed by atoms with E-state index in [1.807, 2.05) is 6.07 Å². The Bertz CT molecular complexity index is 604. The van der Waals surface area contributed by atoms with Crippen molar-refractivity contribution in [2.45, 2.75) is 36.7 Å². The maximum Gasteiger partial charge on any atom is 0.240 e. The van der Waals surface area contributed by atoms with Gasteiger partial charge in [0.2, 0.25) is 10.0 Å². The van der Waals surface area contributed by atoms with Gasteiger partial charge >= 0.3 is 0 Å². The Kier molecular flexibility index (Phi) is 4.43. The van der Waals surface area contributed by atoms with Crippen molar-refractivity contribution >= 4 is 10.0 Å². The summed E-state index contributed by atoms with van der Waals surface area (Å²) in [7, 11) is -1.45. The molecule has 0 saturated carbocycles. The molecule has 1 aliphatic heterocycles. The second kappa shape index (κ2) is 5.92. The van der Waals surface area contributed by atoms with Gasteiger partial charge in [0.1, 0.15) is 0 Å². The first kappa shape index (κ1) is 15.0. The third kappa shape index (κ3) is 3.37. The number of nitriles is 1. The van der Waals surface area contributed by atoms with Crippen LogP contribution in [0.5, 0.6) is 0 Å². The molecule has 1 aliphatic rings. The number of piperidine rings is 1. The van der Waals surface area contributed by atoms with Crippen LogP contribution in [0, 0.1) is 11.3 Å². The van der Waals surface area contributed by atoms with E-state index >= 15 is 0 Å². The van der Waals surface area contributed by atoms with E-state index in [9.17, 15) is 8.42 Å². The summed E-state index contributed by atoms with van der Waals surface area (Å²) in [6, 6.07) is 8.31. The minimum Gasteiger partial charge on any atom is -0.304 e. The Labute approximate surface area is 120 Å². The smallest absolute Gasteiger partial charge is 0.240 e. The second-order valence-electron chi connectivity index (χ2n) is 5.31. The molecular formula is C14H19N3O2S. The molecule has 2 unspecified atom stereocenters. The highest BCUT2D eigenvalue weighted by molar-refractivity contribution is 7.89. The molecular weight excluding hydrogens is 274 g/mol. The van der Waals surface area contributed by atoms with Crippen molar-refractivity contribution in [1.29, 1.82) is 5.26 Å². The molecule has 0 aliphatic carbocycles. The van der Waals surface area contributed by atoms with Gasteiger partial charge < -0.3 is 4.90 Å². The van der Waals surface area contributed by atoms with Crippen molar-refractivity contribution in [1.82, 2.24) is 9.62 Å². The molecule has 1 heterocycles. The highest BCUT2D eigenvalue weighted by Gasteiger charge is 2.26. The quantitative estimate of drug-likeness (QED) is 0.912. The lowest BCUT2D eigenvalue weighted by Crippen LogP contribution is -2.47. The van der Waals surface area contributed by atoms with Gasteiger partial charge in [-0.05, 0) is 57.6 Å². The summed E-state index contributed by atoms with van der Waals surface area (Å²) in [6.45, 7) is 2.99. The molecule has 0 aromatic heterocycles. The Morgan fingerprint density at radius 2 is 2.00 bits per heavy atom. The van der Waals surface area contributed by atoms with Crippen molar-refractivity contribution in [3.8, 4) is 6.07 Å². The minimum absolute atomic E-state index is 0.0261. The number of rotatable bonds is 3. The van der Waals surface area contributed by atoms with Gasteiger partial charge in [-0.2, -0.15) is 5.26 Å². The van der Waals surface area contributed by atoms with Crippen LogP contribution in [0.1, 0.15) is 25.3 Å². The zero-order valence-electron chi connectivity index (χ0n) is 11.7. The van der Waals surface area contributed by atoms with E-state index in [-0.39, 0.29) is 10.9 Å². The van der Waals surface area contributed by atoms with Gasteiger partial charge in [0.05, 0.1) is 16.5 Å². The first-order chi connectivity index (χ1) is 9.42. The van der Waals surface area contributed by atoms with Crippen LogP contribution in [-0.4, -0.2) is 39.0 Å². The van der Waals surface area contributed by atoms with E-state index < -0.39 is 10.0 Å². The van der Waals surface area contributed by atoms with E-state index in [2.05, 4.69) is 23.6 Å². The van der Waals surface area contributed by atoms with Crippen molar-refractivity contribution in [2.75, 3.05) is 13.6 Å². The third-order valence-electron chi connectivity index (χ3n) is 3.82. The number of sulfonamides is 1. The van der Waals surface area contributed by atoms with E-state index in [0.29, 0.717) is 11.6 Å². The van der Waals surface area contributed by atoms with Crippen LogP contribution in [0.4, 0.5) is 0 Å². The lowest BCUT2D eigenvalue weighted by Gasteiger charge is -2.35. The molecule has 20 heavy (non-hydrogen) atoms. The number of nitrogens with one attached hydrogen (secondary N) is 1. The summed E-state index contributed by atoms with van der Waals surface area (Å²) in [4.78, 5) is 2.44. The van der Waals surface area contributed by atoms with Crippen LogP contribution in [-0.2, 0) is 10.0 Å². The van der Waals surface area contributed by atoms with Crippen LogP contribution >= 0.6 is 0 Å². The predicted octanol–water partition coefficient (Wildman–Crippen LogP) is 1.32. The van der Waals surface area contributed by atoms with Crippen LogP contribution in [0.2, 0.25) is 0 Å². The first-order valence-corrected chi connectivity index (χ1v) is 8.13. The summed E-state index contributed by atoms with van der Waals surface area (Å²) in [5.41, 5.74) is 0.455. The first-order valence-electron chi connectivity index (χ1n) is 6.65. The van der Waals surface area contributed by atoms with Crippen LogP contribution < -0.4 is 4.72 Å². The van der Waals surface area contributed by atoms with E-state index in [4.69, 9.17) is 5.26 Å². The molecule has 1 N–H and O–H groups in total. The molecule has 0 bridgehead atoms. The Morgan fingerprint density at radius 3 is 2.55 bits per heavy atom. The average molecular weight is 293 g/mol. The van der Waals surface area contributed by atoms with Crippen molar-refractivity contribution < 1.29 is 8.42 Å². The number of hydrogen-bond acceptors (Lipinski definition) is 4. The van der Waals surface area contributed by atoms with Crippen LogP contribution in [0.15, 0.2) is 29.2 Å². The highest BCUT2D eigenvalue weighted by atomic mass is 32.2. The SMILES string of the molecule is CC1CC(NS(=O)(=O)c2ccc(C#N)cc2)CCN1C. The second-order valence-corrected chi connectivity index (χ2v) is 7.02. The Hall–Kier alpha value is -1.42. The lowest BCUT2D eigenvalue weighted by molar-refractivity contribution is 0.178. The van der Waals surface area contributed by atoms with Crippen LogP contribution in [0.3, 0.4) is 0 Å². The predicted molar refractivity (Wildman–Crippen MR) is 76.6 cm³/mol. The molecule has 0 spiro atoms. The zero-order valence-corrected chi connectivity index (χ0v) is 12.5. The molecule has 6 heteroatoms. The fourth-order valence-corrected chi connectivity index (χ4v) is 3.68. The monoisotopic (exact) mass is 293 g/mol. The van der Waals surface area contributed by atoms with Gasteiger partial charge in [-0.25, -0.2) is 13.1 Å². The summed E-state index contributed by atoms with van der Waals surface area (Å²) in [5, 5.41) is 8.73. The average Bonchev–Trinajstić information content (AvgIpc) is 2.43. The zero-order chi connectivity index (χ0) is 14.8. The Morgan fingerprint density at radius 1 is 1.35 bits per heavy atom. The molecule has 2 rings (SSSR count). The summed E-state index contributed by atoms with van der Waals surface area (Å²) >= 11 is 0. The molecule has 108 valence electrons. The topological polar surface area (TPSA) is 73.2 Å².